The van der Waals surface area contributed by atoms with Crippen molar-refractivity contribution in [3.05, 3.63) is 59.7 Å². The molecule has 0 bridgehead atoms. The minimum Gasteiger partial charge on any atom is -0.497 e. The zero-order valence-corrected chi connectivity index (χ0v) is 12.0. The fourth-order valence-corrected chi connectivity index (χ4v) is 2.57. The number of para-hydroxylation sites is 1. The molecule has 2 N–H and O–H groups in total. The van der Waals surface area contributed by atoms with Gasteiger partial charge in [0.1, 0.15) is 5.75 Å². The van der Waals surface area contributed by atoms with E-state index in [4.69, 9.17) is 4.74 Å². The first kappa shape index (κ1) is 14.3. The van der Waals surface area contributed by atoms with Gasteiger partial charge in [-0.2, -0.15) is 0 Å². The maximum Gasteiger partial charge on any atom is 0.264 e. The van der Waals surface area contributed by atoms with E-state index in [-0.39, 0.29) is 6.42 Å². The summed E-state index contributed by atoms with van der Waals surface area (Å²) in [5, 5.41) is 13.1. The van der Waals surface area contributed by atoms with Crippen LogP contribution in [0.1, 0.15) is 15.9 Å². The largest absolute Gasteiger partial charge is 0.497 e. The van der Waals surface area contributed by atoms with Gasteiger partial charge in [0.25, 0.3) is 5.91 Å². The maximum atomic E-state index is 12.5. The van der Waals surface area contributed by atoms with Crippen LogP contribution in [0, 0.1) is 0 Å². The van der Waals surface area contributed by atoms with Crippen LogP contribution in [0.25, 0.3) is 0 Å². The van der Waals surface area contributed by atoms with Crippen molar-refractivity contribution in [1.29, 1.82) is 0 Å². The molecule has 1 atom stereocenters. The Labute approximate surface area is 127 Å². The highest BCUT2D eigenvalue weighted by molar-refractivity contribution is 6.23. The van der Waals surface area contributed by atoms with Gasteiger partial charge in [0.15, 0.2) is 0 Å². The lowest BCUT2D eigenvalue weighted by Crippen LogP contribution is -2.48. The Hall–Kier alpha value is -2.66. The van der Waals surface area contributed by atoms with Crippen LogP contribution >= 0.6 is 0 Å². The van der Waals surface area contributed by atoms with Gasteiger partial charge >= 0.3 is 0 Å². The molecule has 0 spiro atoms. The number of fused-ring (bicyclic) bond motifs is 1. The van der Waals surface area contributed by atoms with Crippen molar-refractivity contribution < 1.29 is 19.4 Å². The number of methoxy groups -OCH3 is 1. The van der Waals surface area contributed by atoms with Crippen LogP contribution in [0.2, 0.25) is 0 Å². The average Bonchev–Trinajstić information content (AvgIpc) is 2.80. The normalized spacial score (nSPS) is 19.6. The Morgan fingerprint density at radius 3 is 2.64 bits per heavy atom. The molecule has 2 aromatic rings. The van der Waals surface area contributed by atoms with Gasteiger partial charge in [-0.15, -0.1) is 0 Å². The Bertz CT molecular complexity index is 742. The minimum absolute atomic E-state index is 0.0379. The molecule has 22 heavy (non-hydrogen) atoms. The van der Waals surface area contributed by atoms with Gasteiger partial charge in [-0.25, -0.2) is 0 Å². The smallest absolute Gasteiger partial charge is 0.264 e. The highest BCUT2D eigenvalue weighted by Crippen LogP contribution is 2.33. The van der Waals surface area contributed by atoms with E-state index in [0.717, 1.165) is 0 Å². The Balaban J connectivity index is 1.88. The third-order valence-electron chi connectivity index (χ3n) is 3.79. The number of hydrogen-bond acceptors (Lipinski definition) is 4. The number of rotatable bonds is 3. The van der Waals surface area contributed by atoms with E-state index in [2.05, 4.69) is 5.32 Å². The minimum atomic E-state index is -2.08. The lowest BCUT2D eigenvalue weighted by Gasteiger charge is -2.19. The summed E-state index contributed by atoms with van der Waals surface area (Å²) in [7, 11) is 1.50. The highest BCUT2D eigenvalue weighted by Gasteiger charge is 2.50. The van der Waals surface area contributed by atoms with Gasteiger partial charge in [0.2, 0.25) is 11.4 Å². The molecule has 1 aliphatic rings. The molecule has 5 nitrogen and oxygen atoms in total. The van der Waals surface area contributed by atoms with Crippen molar-refractivity contribution in [3.8, 4) is 5.75 Å². The number of Topliss-reactive ketones (excluding diaryl/α,β-unsaturated/α-hetero) is 1. The maximum absolute atomic E-state index is 12.5. The first-order valence-corrected chi connectivity index (χ1v) is 6.85. The monoisotopic (exact) mass is 297 g/mol. The third-order valence-corrected chi connectivity index (χ3v) is 3.79. The fraction of sp³-hybridized carbons (Fsp3) is 0.176. The average molecular weight is 297 g/mol. The summed E-state index contributed by atoms with van der Waals surface area (Å²) in [6.45, 7) is 0. The number of ether oxygens (including phenoxy) is 1. The second kappa shape index (κ2) is 5.27. The highest BCUT2D eigenvalue weighted by atomic mass is 16.5. The zero-order valence-electron chi connectivity index (χ0n) is 12.0. The second-order valence-electron chi connectivity index (χ2n) is 5.21. The summed E-state index contributed by atoms with van der Waals surface area (Å²) >= 11 is 0. The van der Waals surface area contributed by atoms with Crippen molar-refractivity contribution in [2.75, 3.05) is 12.4 Å². The molecule has 0 saturated heterocycles. The summed E-state index contributed by atoms with van der Waals surface area (Å²) < 4.78 is 5.08. The topological polar surface area (TPSA) is 75.6 Å². The Morgan fingerprint density at radius 1 is 1.23 bits per heavy atom. The van der Waals surface area contributed by atoms with Gasteiger partial charge in [0, 0.05) is 17.7 Å². The van der Waals surface area contributed by atoms with Gasteiger partial charge in [-0.3, -0.25) is 9.59 Å². The van der Waals surface area contributed by atoms with Crippen LogP contribution in [0.3, 0.4) is 0 Å². The summed E-state index contributed by atoms with van der Waals surface area (Å²) in [4.78, 5) is 24.8. The van der Waals surface area contributed by atoms with E-state index in [1.807, 2.05) is 6.07 Å². The first-order chi connectivity index (χ1) is 10.5. The van der Waals surface area contributed by atoms with Crippen molar-refractivity contribution in [2.24, 2.45) is 0 Å². The standard InChI is InChI=1S/C17H15NO4/c1-22-13-8-7-11-10-17(21,15(19)14(11)9-13)16(20)18-12-5-3-2-4-6-12/h2-9,21H,10H2,1H3,(H,18,20). The quantitative estimate of drug-likeness (QED) is 0.847. The van der Waals surface area contributed by atoms with Crippen molar-refractivity contribution in [1.82, 2.24) is 0 Å². The Kier molecular flexibility index (Phi) is 3.42. The number of carbonyl (C=O) groups is 2. The first-order valence-electron chi connectivity index (χ1n) is 6.85. The third kappa shape index (κ3) is 2.25. The number of anilines is 1. The number of carbonyl (C=O) groups excluding carboxylic acids is 2. The number of hydrogen-bond donors (Lipinski definition) is 2. The molecule has 0 radical (unpaired) electrons. The molecular weight excluding hydrogens is 282 g/mol. The Morgan fingerprint density at radius 2 is 1.95 bits per heavy atom. The van der Waals surface area contributed by atoms with Crippen LogP contribution in [0.15, 0.2) is 48.5 Å². The van der Waals surface area contributed by atoms with E-state index in [1.54, 1.807) is 42.5 Å². The van der Waals surface area contributed by atoms with E-state index < -0.39 is 17.3 Å². The molecule has 3 rings (SSSR count). The van der Waals surface area contributed by atoms with E-state index in [1.165, 1.54) is 7.11 Å². The molecule has 0 aliphatic heterocycles. The molecule has 0 fully saturated rings. The number of nitrogens with one attached hydrogen (secondary N) is 1. The van der Waals surface area contributed by atoms with Crippen LogP contribution in [0.5, 0.6) is 5.75 Å². The van der Waals surface area contributed by atoms with E-state index in [0.29, 0.717) is 22.6 Å². The predicted molar refractivity (Wildman–Crippen MR) is 81.1 cm³/mol. The molecule has 1 unspecified atom stereocenters. The molecule has 1 amide bonds. The van der Waals surface area contributed by atoms with Crippen LogP contribution in [0.4, 0.5) is 5.69 Å². The summed E-state index contributed by atoms with van der Waals surface area (Å²) in [5.41, 5.74) is -0.589. The number of amides is 1. The molecule has 2 aromatic carbocycles. The zero-order chi connectivity index (χ0) is 15.7. The molecule has 112 valence electrons. The number of ketones is 1. The SMILES string of the molecule is COc1ccc2c(c1)C(=O)C(O)(C(=O)Nc1ccccc1)C2. The molecule has 0 saturated carbocycles. The van der Waals surface area contributed by atoms with E-state index >= 15 is 0 Å². The molecule has 1 aliphatic carbocycles. The van der Waals surface area contributed by atoms with Crippen LogP contribution in [-0.4, -0.2) is 29.5 Å². The van der Waals surface area contributed by atoms with E-state index in [9.17, 15) is 14.7 Å². The number of benzene rings is 2. The van der Waals surface area contributed by atoms with Crippen molar-refractivity contribution >= 4 is 17.4 Å². The van der Waals surface area contributed by atoms with Gasteiger partial charge in [0.05, 0.1) is 7.11 Å². The van der Waals surface area contributed by atoms with Gasteiger partial charge < -0.3 is 15.2 Å². The second-order valence-corrected chi connectivity index (χ2v) is 5.21. The fourth-order valence-electron chi connectivity index (χ4n) is 2.57. The lowest BCUT2D eigenvalue weighted by molar-refractivity contribution is -0.129. The van der Waals surface area contributed by atoms with Crippen LogP contribution < -0.4 is 10.1 Å². The summed E-state index contributed by atoms with van der Waals surface area (Å²) in [6, 6.07) is 13.7. The molecule has 0 heterocycles. The summed E-state index contributed by atoms with van der Waals surface area (Å²) in [5.74, 6) is -0.812. The number of aliphatic hydroxyl groups is 1. The van der Waals surface area contributed by atoms with Crippen molar-refractivity contribution in [2.45, 2.75) is 12.0 Å². The van der Waals surface area contributed by atoms with Crippen LogP contribution in [-0.2, 0) is 11.2 Å². The predicted octanol–water partition coefficient (Wildman–Crippen LogP) is 1.80. The molecular formula is C17H15NO4. The van der Waals surface area contributed by atoms with Crippen molar-refractivity contribution in [3.63, 3.8) is 0 Å². The summed E-state index contributed by atoms with van der Waals surface area (Å²) in [6.07, 6.45) is -0.0379. The lowest BCUT2D eigenvalue weighted by atomic mass is 9.98. The molecule has 0 aromatic heterocycles. The van der Waals surface area contributed by atoms with Gasteiger partial charge in [-0.05, 0) is 29.8 Å². The molecule has 5 heteroatoms. The van der Waals surface area contributed by atoms with Gasteiger partial charge in [-0.1, -0.05) is 24.3 Å².